The number of aliphatic hydroxyl groups excluding tert-OH is 2. The Balaban J connectivity index is 4.60. The van der Waals surface area contributed by atoms with Crippen molar-refractivity contribution >= 4 is 11.9 Å². The predicted molar refractivity (Wildman–Crippen MR) is 278 cm³/mol. The van der Waals surface area contributed by atoms with Gasteiger partial charge in [-0.15, -0.1) is 0 Å². The second kappa shape index (κ2) is 51.8. The van der Waals surface area contributed by atoms with E-state index in [-0.39, 0.29) is 24.9 Å². The summed E-state index contributed by atoms with van der Waals surface area (Å²) in [6.45, 7) is 6.39. The highest BCUT2D eigenvalue weighted by Gasteiger charge is 2.24. The minimum Gasteiger partial charge on any atom is -0.462 e. The fourth-order valence-corrected chi connectivity index (χ4v) is 8.44. The first-order chi connectivity index (χ1) is 31.5. The highest BCUT2D eigenvalue weighted by Crippen LogP contribution is 2.18. The summed E-state index contributed by atoms with van der Waals surface area (Å²) in [4.78, 5) is 26.2. The van der Waals surface area contributed by atoms with E-state index in [0.29, 0.717) is 19.3 Å². The molecule has 3 atom stereocenters. The molecule has 0 radical (unpaired) electrons. The third kappa shape index (κ3) is 46.4. The molecule has 0 heterocycles. The van der Waals surface area contributed by atoms with Crippen LogP contribution in [0.1, 0.15) is 284 Å². The Morgan fingerprint density at radius 1 is 0.469 bits per heavy atom. The van der Waals surface area contributed by atoms with E-state index >= 15 is 0 Å². The lowest BCUT2D eigenvalue weighted by molar-refractivity contribution is -0.151. The van der Waals surface area contributed by atoms with Crippen molar-refractivity contribution in [3.05, 3.63) is 48.6 Å². The van der Waals surface area contributed by atoms with Gasteiger partial charge in [-0.25, -0.2) is 0 Å². The molecule has 0 aliphatic heterocycles. The van der Waals surface area contributed by atoms with Gasteiger partial charge in [0.1, 0.15) is 6.10 Å². The van der Waals surface area contributed by atoms with Gasteiger partial charge in [-0.05, 0) is 83.5 Å². The lowest BCUT2D eigenvalue weighted by Gasteiger charge is -2.24. The molecule has 0 aromatic rings. The Hall–Kier alpha value is -2.18. The van der Waals surface area contributed by atoms with Crippen molar-refractivity contribution in [2.75, 3.05) is 6.61 Å². The molecule has 3 unspecified atom stereocenters. The minimum atomic E-state index is -0.796. The quantitative estimate of drug-likeness (QED) is 0.0321. The van der Waals surface area contributed by atoms with Crippen molar-refractivity contribution < 1.29 is 24.5 Å². The number of ether oxygens (including phenoxy) is 1. The van der Waals surface area contributed by atoms with E-state index in [2.05, 4.69) is 74.7 Å². The normalized spacial score (nSPS) is 13.5. The minimum absolute atomic E-state index is 0.0591. The number of amides is 1. The summed E-state index contributed by atoms with van der Waals surface area (Å²) in [6, 6.07) is -0.711. The summed E-state index contributed by atoms with van der Waals surface area (Å²) < 4.78 is 5.93. The topological polar surface area (TPSA) is 95.9 Å². The monoisotopic (exact) mass is 898 g/mol. The second-order valence-corrected chi connectivity index (χ2v) is 19.0. The molecule has 0 saturated carbocycles. The van der Waals surface area contributed by atoms with Crippen molar-refractivity contribution in [3.63, 3.8) is 0 Å². The molecular formula is C58H107NO5. The van der Waals surface area contributed by atoms with Crippen LogP contribution >= 0.6 is 0 Å². The van der Waals surface area contributed by atoms with E-state index in [1.54, 1.807) is 0 Å². The van der Waals surface area contributed by atoms with Crippen LogP contribution in [0, 0.1) is 0 Å². The Morgan fingerprint density at radius 2 is 0.844 bits per heavy atom. The van der Waals surface area contributed by atoms with Crippen molar-refractivity contribution in [1.29, 1.82) is 0 Å². The largest absolute Gasteiger partial charge is 0.462 e. The molecule has 0 aromatic carbocycles. The molecule has 0 aliphatic carbocycles. The SMILES string of the molecule is CC/C=C/C/C=C/C/C=C/CCCCCCC(=O)OC(CCCCC/C=C/CCCCCCCCCCC)CC(=O)NC(CO)C(O)CCCCCCCCCCCCCCCCC. The zero-order valence-electron chi connectivity index (χ0n) is 42.7. The van der Waals surface area contributed by atoms with Gasteiger partial charge in [0.25, 0.3) is 0 Å². The average molecular weight is 898 g/mol. The molecule has 64 heavy (non-hydrogen) atoms. The summed E-state index contributed by atoms with van der Waals surface area (Å²) in [5, 5.41) is 23.8. The fraction of sp³-hybridized carbons (Fsp3) is 0.828. The van der Waals surface area contributed by atoms with Crippen LogP contribution < -0.4 is 5.32 Å². The average Bonchev–Trinajstić information content (AvgIpc) is 3.29. The standard InChI is InChI=1S/C58H107NO5/c1-4-7-10-13-16-19-22-25-28-30-31-34-37-40-43-46-49-54(64-58(63)51-48-45-42-39-36-33-27-24-21-18-15-12-9-6-3)52-57(62)59-55(53-60)56(61)50-47-44-41-38-35-32-29-26-23-20-17-14-11-8-5-2/h9,12,18,21,27,31,33-34,54-56,60-61H,4-8,10-11,13-17,19-20,22-26,28-30,32,35-53H2,1-3H3,(H,59,62)/b12-9+,21-18+,33-27+,34-31+. The molecule has 0 aliphatic rings. The van der Waals surface area contributed by atoms with Crippen LogP contribution in [0.25, 0.3) is 0 Å². The van der Waals surface area contributed by atoms with E-state index in [4.69, 9.17) is 4.74 Å². The van der Waals surface area contributed by atoms with Gasteiger partial charge in [0.05, 0.1) is 25.2 Å². The number of esters is 1. The number of carbonyl (C=O) groups excluding carboxylic acids is 2. The van der Waals surface area contributed by atoms with Crippen LogP contribution in [0.3, 0.4) is 0 Å². The van der Waals surface area contributed by atoms with Gasteiger partial charge in [0.2, 0.25) is 5.91 Å². The number of aliphatic hydroxyl groups is 2. The van der Waals surface area contributed by atoms with Gasteiger partial charge < -0.3 is 20.3 Å². The van der Waals surface area contributed by atoms with Gasteiger partial charge in [-0.1, -0.05) is 236 Å². The molecule has 0 aromatic heterocycles. The zero-order chi connectivity index (χ0) is 46.7. The van der Waals surface area contributed by atoms with Gasteiger partial charge in [0.15, 0.2) is 0 Å². The summed E-state index contributed by atoms with van der Waals surface area (Å²) in [5.74, 6) is -0.506. The number of hydrogen-bond acceptors (Lipinski definition) is 5. The number of allylic oxidation sites excluding steroid dienone is 8. The lowest BCUT2D eigenvalue weighted by atomic mass is 10.0. The number of carbonyl (C=O) groups is 2. The molecule has 6 heteroatoms. The second-order valence-electron chi connectivity index (χ2n) is 19.0. The number of rotatable bonds is 50. The van der Waals surface area contributed by atoms with E-state index in [9.17, 15) is 19.8 Å². The molecule has 3 N–H and O–H groups in total. The summed E-state index contributed by atoms with van der Waals surface area (Å²) in [5.41, 5.74) is 0. The van der Waals surface area contributed by atoms with Crippen molar-refractivity contribution in [2.45, 2.75) is 302 Å². The van der Waals surface area contributed by atoms with Gasteiger partial charge in [0, 0.05) is 6.42 Å². The third-order valence-corrected chi connectivity index (χ3v) is 12.6. The molecule has 374 valence electrons. The smallest absolute Gasteiger partial charge is 0.306 e. The molecule has 6 nitrogen and oxygen atoms in total. The number of hydrogen-bond donors (Lipinski definition) is 3. The van der Waals surface area contributed by atoms with E-state index in [0.717, 1.165) is 96.3 Å². The first-order valence-electron chi connectivity index (χ1n) is 27.9. The first kappa shape index (κ1) is 61.8. The molecule has 0 saturated heterocycles. The molecule has 0 spiro atoms. The number of nitrogens with one attached hydrogen (secondary N) is 1. The summed E-state index contributed by atoms with van der Waals surface area (Å²) >= 11 is 0. The summed E-state index contributed by atoms with van der Waals surface area (Å²) in [7, 11) is 0. The summed E-state index contributed by atoms with van der Waals surface area (Å²) in [6.07, 6.45) is 63.2. The van der Waals surface area contributed by atoms with Crippen molar-refractivity contribution in [3.8, 4) is 0 Å². The van der Waals surface area contributed by atoms with Crippen LogP contribution in [0.4, 0.5) is 0 Å². The third-order valence-electron chi connectivity index (χ3n) is 12.6. The van der Waals surface area contributed by atoms with Gasteiger partial charge in [-0.3, -0.25) is 9.59 Å². The van der Waals surface area contributed by atoms with Crippen LogP contribution in [-0.2, 0) is 14.3 Å². The van der Waals surface area contributed by atoms with E-state index in [1.807, 2.05) is 0 Å². The Morgan fingerprint density at radius 3 is 1.31 bits per heavy atom. The van der Waals surface area contributed by atoms with E-state index < -0.39 is 18.2 Å². The maximum absolute atomic E-state index is 13.2. The lowest BCUT2D eigenvalue weighted by Crippen LogP contribution is -2.46. The molecule has 1 amide bonds. The predicted octanol–water partition coefficient (Wildman–Crippen LogP) is 17.0. The highest BCUT2D eigenvalue weighted by molar-refractivity contribution is 5.77. The van der Waals surface area contributed by atoms with Crippen LogP contribution in [0.5, 0.6) is 0 Å². The zero-order valence-corrected chi connectivity index (χ0v) is 42.7. The Bertz CT molecular complexity index is 1100. The Kier molecular flexibility index (Phi) is 50.0. The van der Waals surface area contributed by atoms with Crippen LogP contribution in [0.15, 0.2) is 48.6 Å². The Labute approximate surface area is 397 Å². The van der Waals surface area contributed by atoms with Crippen molar-refractivity contribution in [2.24, 2.45) is 0 Å². The van der Waals surface area contributed by atoms with E-state index in [1.165, 1.54) is 141 Å². The van der Waals surface area contributed by atoms with Gasteiger partial charge >= 0.3 is 5.97 Å². The number of unbranched alkanes of at least 4 members (excludes halogenated alkanes) is 30. The van der Waals surface area contributed by atoms with Crippen LogP contribution in [0.2, 0.25) is 0 Å². The fourth-order valence-electron chi connectivity index (χ4n) is 8.44. The molecule has 0 rings (SSSR count). The maximum atomic E-state index is 13.2. The van der Waals surface area contributed by atoms with Crippen molar-refractivity contribution in [1.82, 2.24) is 5.32 Å². The first-order valence-corrected chi connectivity index (χ1v) is 27.9. The molecular weight excluding hydrogens is 791 g/mol. The maximum Gasteiger partial charge on any atom is 0.306 e. The molecule has 0 bridgehead atoms. The highest BCUT2D eigenvalue weighted by atomic mass is 16.5. The molecule has 0 fully saturated rings. The van der Waals surface area contributed by atoms with Gasteiger partial charge in [-0.2, -0.15) is 0 Å². The van der Waals surface area contributed by atoms with Crippen LogP contribution in [-0.4, -0.2) is 46.9 Å².